The van der Waals surface area contributed by atoms with Crippen molar-refractivity contribution in [1.82, 2.24) is 6.15 Å². The molecule has 0 aromatic carbocycles. The van der Waals surface area contributed by atoms with Crippen molar-refractivity contribution >= 4 is 13.5 Å². The van der Waals surface area contributed by atoms with Crippen LogP contribution in [0.1, 0.15) is 0 Å². The van der Waals surface area contributed by atoms with Crippen LogP contribution in [0.3, 0.4) is 0 Å². The van der Waals surface area contributed by atoms with E-state index in [9.17, 15) is 0 Å². The van der Waals surface area contributed by atoms with Gasteiger partial charge in [-0.3, -0.25) is 0 Å². The van der Waals surface area contributed by atoms with Gasteiger partial charge in [-0.2, -0.15) is 13.5 Å². The molecule has 0 aliphatic carbocycles. The Hall–Kier alpha value is 2.04. The first-order valence-electron chi connectivity index (χ1n) is 0. The monoisotopic (exact) mass is 201 g/mol. The van der Waals surface area contributed by atoms with Gasteiger partial charge < -0.3 is 30.1 Å². The minimum absolute atomic E-state index is 0. The van der Waals surface area contributed by atoms with Crippen LogP contribution >= 0.6 is 13.5 Å². The smallest absolute Gasteiger partial charge is 1.00 e. The standard InChI is InChI=1S/HI.H3N.Na.H2S/h1H;1H3;;1H2/q;;+1;/p-1. The van der Waals surface area contributed by atoms with E-state index < -0.39 is 0 Å². The topological polar surface area (TPSA) is 35.0 Å². The average molecular weight is 201 g/mol. The van der Waals surface area contributed by atoms with Crippen LogP contribution in [0, 0.1) is 0 Å². The molecule has 0 saturated carbocycles. The maximum atomic E-state index is 0. The summed E-state index contributed by atoms with van der Waals surface area (Å²) in [5.74, 6) is 0. The summed E-state index contributed by atoms with van der Waals surface area (Å²) in [6.07, 6.45) is 0. The van der Waals surface area contributed by atoms with Gasteiger partial charge in [0.1, 0.15) is 0 Å². The second kappa shape index (κ2) is 19.8. The van der Waals surface area contributed by atoms with Crippen molar-refractivity contribution in [2.75, 3.05) is 0 Å². The van der Waals surface area contributed by atoms with Crippen molar-refractivity contribution in [2.24, 2.45) is 0 Å². The maximum Gasteiger partial charge on any atom is 1.00 e. The van der Waals surface area contributed by atoms with Gasteiger partial charge in [0, 0.05) is 0 Å². The van der Waals surface area contributed by atoms with Gasteiger partial charge in [-0.1, -0.05) is 0 Å². The van der Waals surface area contributed by atoms with Crippen LogP contribution in [0.5, 0.6) is 0 Å². The van der Waals surface area contributed by atoms with E-state index in [0.717, 1.165) is 0 Å². The molecule has 0 saturated heterocycles. The summed E-state index contributed by atoms with van der Waals surface area (Å²) in [5, 5.41) is 0. The van der Waals surface area contributed by atoms with Crippen molar-refractivity contribution in [2.45, 2.75) is 0 Å². The summed E-state index contributed by atoms with van der Waals surface area (Å²) in [4.78, 5) is 0. The van der Waals surface area contributed by atoms with E-state index in [0.29, 0.717) is 0 Å². The Morgan fingerprint density at radius 1 is 1.00 bits per heavy atom. The van der Waals surface area contributed by atoms with Crippen LogP contribution in [0.2, 0.25) is 0 Å². The van der Waals surface area contributed by atoms with E-state index in [1.165, 1.54) is 0 Å². The first-order valence-corrected chi connectivity index (χ1v) is 0. The quantitative estimate of drug-likeness (QED) is 0.307. The van der Waals surface area contributed by atoms with Crippen molar-refractivity contribution < 1.29 is 53.5 Å². The minimum atomic E-state index is 0. The molecule has 0 aromatic rings. The molecule has 0 unspecified atom stereocenters. The Morgan fingerprint density at radius 2 is 1.00 bits per heavy atom. The Labute approximate surface area is 72.3 Å². The summed E-state index contributed by atoms with van der Waals surface area (Å²) in [5.41, 5.74) is 0. The third kappa shape index (κ3) is 8.97. The minimum Gasteiger partial charge on any atom is -1.00 e. The van der Waals surface area contributed by atoms with Gasteiger partial charge in [-0.05, 0) is 0 Å². The SMILES string of the molecule is N.S.[I-].[Na+]. The fourth-order valence-electron chi connectivity index (χ4n) is 0. The van der Waals surface area contributed by atoms with E-state index in [2.05, 4.69) is 0 Å². The summed E-state index contributed by atoms with van der Waals surface area (Å²) >= 11 is 0. The number of hydrogen-bond acceptors (Lipinski definition) is 1. The van der Waals surface area contributed by atoms with Crippen LogP contribution in [-0.4, -0.2) is 0 Å². The van der Waals surface area contributed by atoms with Crippen molar-refractivity contribution in [3.8, 4) is 0 Å². The molecule has 24 valence electrons. The molecule has 0 fully saturated rings. The van der Waals surface area contributed by atoms with Gasteiger partial charge in [0.25, 0.3) is 0 Å². The summed E-state index contributed by atoms with van der Waals surface area (Å²) in [6.45, 7) is 0. The molecule has 0 aliphatic heterocycles. The number of hydrogen-bond donors (Lipinski definition) is 1. The fourth-order valence-corrected chi connectivity index (χ4v) is 0. The molecule has 0 spiro atoms. The zero-order valence-electron chi connectivity index (χ0n) is 2.59. The summed E-state index contributed by atoms with van der Waals surface area (Å²) < 4.78 is 0. The van der Waals surface area contributed by atoms with Crippen molar-refractivity contribution in [3.63, 3.8) is 0 Å². The average Bonchev–Trinajstić information content (AvgIpc) is 0. The van der Waals surface area contributed by atoms with E-state index in [4.69, 9.17) is 0 Å². The summed E-state index contributed by atoms with van der Waals surface area (Å²) in [6, 6.07) is 0. The van der Waals surface area contributed by atoms with E-state index in [-0.39, 0.29) is 73.2 Å². The molecule has 0 amide bonds. The molecule has 3 N–H and O–H groups in total. The maximum absolute atomic E-state index is 0. The number of rotatable bonds is 0. The third-order valence-corrected chi connectivity index (χ3v) is 0. The van der Waals surface area contributed by atoms with Gasteiger partial charge in [0.05, 0.1) is 0 Å². The molecule has 4 heavy (non-hydrogen) atoms. The number of halogens is 1. The third-order valence-electron chi connectivity index (χ3n) is 0. The predicted octanol–water partition coefficient (Wildman–Crippen LogP) is -5.72. The van der Waals surface area contributed by atoms with Crippen LogP contribution < -0.4 is 59.7 Å². The zero-order valence-corrected chi connectivity index (χ0v) is 7.74. The molecule has 0 bridgehead atoms. The molecular formula is H5INNaS. The van der Waals surface area contributed by atoms with E-state index >= 15 is 0 Å². The van der Waals surface area contributed by atoms with Gasteiger partial charge in [-0.25, -0.2) is 0 Å². The van der Waals surface area contributed by atoms with Gasteiger partial charge in [0.2, 0.25) is 0 Å². The van der Waals surface area contributed by atoms with E-state index in [1.807, 2.05) is 0 Å². The van der Waals surface area contributed by atoms with Crippen molar-refractivity contribution in [3.05, 3.63) is 0 Å². The van der Waals surface area contributed by atoms with Gasteiger partial charge in [-0.15, -0.1) is 0 Å². The largest absolute Gasteiger partial charge is 1.00 e. The van der Waals surface area contributed by atoms with E-state index in [1.54, 1.807) is 0 Å². The van der Waals surface area contributed by atoms with Gasteiger partial charge in [0.15, 0.2) is 0 Å². The predicted molar refractivity (Wildman–Crippen MR) is 15.4 cm³/mol. The molecular weight excluding hydrogens is 196 g/mol. The normalized spacial score (nSPS) is 0. The molecule has 0 rings (SSSR count). The molecule has 0 aromatic heterocycles. The first-order chi connectivity index (χ1) is 0. The Morgan fingerprint density at radius 3 is 1.00 bits per heavy atom. The second-order valence-electron chi connectivity index (χ2n) is 0. The summed E-state index contributed by atoms with van der Waals surface area (Å²) in [7, 11) is 0. The molecule has 1 nitrogen and oxygen atoms in total. The Balaban J connectivity index is 0. The molecule has 4 heteroatoms. The zero-order chi connectivity index (χ0) is 0. The van der Waals surface area contributed by atoms with Crippen LogP contribution in [0.15, 0.2) is 0 Å². The van der Waals surface area contributed by atoms with Crippen LogP contribution in [0.4, 0.5) is 0 Å². The van der Waals surface area contributed by atoms with Gasteiger partial charge >= 0.3 is 29.6 Å². The van der Waals surface area contributed by atoms with Crippen LogP contribution in [-0.2, 0) is 0 Å². The fraction of sp³-hybridized carbons (Fsp3) is 0. The van der Waals surface area contributed by atoms with Crippen LogP contribution in [0.25, 0.3) is 0 Å². The molecule has 0 radical (unpaired) electrons. The molecule has 0 aliphatic rings. The molecule has 0 heterocycles. The molecule has 0 atom stereocenters. The second-order valence-corrected chi connectivity index (χ2v) is 0. The Kier molecular flexibility index (Phi) is 182. The Bertz CT molecular complexity index is 8.00. The first kappa shape index (κ1) is 36.9. The van der Waals surface area contributed by atoms with Crippen molar-refractivity contribution in [1.29, 1.82) is 0 Å².